The van der Waals surface area contributed by atoms with Crippen molar-refractivity contribution in [3.63, 3.8) is 0 Å². The van der Waals surface area contributed by atoms with Crippen LogP contribution in [0.5, 0.6) is 17.2 Å². The first-order chi connectivity index (χ1) is 8.65. The fourth-order valence-electron chi connectivity index (χ4n) is 2.26. The van der Waals surface area contributed by atoms with Crippen molar-refractivity contribution in [2.24, 2.45) is 0 Å². The molecule has 1 aromatic rings. The van der Waals surface area contributed by atoms with Crippen molar-refractivity contribution in [1.29, 1.82) is 0 Å². The third kappa shape index (κ3) is 2.35. The second-order valence-corrected chi connectivity index (χ2v) is 4.36. The summed E-state index contributed by atoms with van der Waals surface area (Å²) >= 11 is 0. The lowest BCUT2D eigenvalue weighted by Crippen LogP contribution is -2.46. The van der Waals surface area contributed by atoms with Gasteiger partial charge in [-0.25, -0.2) is 0 Å². The Morgan fingerprint density at radius 1 is 1.11 bits per heavy atom. The average Bonchev–Trinajstić information content (AvgIpc) is 2.41. The Hall–Kier alpha value is -1.50. The summed E-state index contributed by atoms with van der Waals surface area (Å²) in [6.07, 6.45) is 0. The molecule has 0 unspecified atom stereocenters. The molecule has 18 heavy (non-hydrogen) atoms. The number of hydrogen-bond donors (Lipinski definition) is 5. The number of phenols is 3. The fraction of sp³-hybridized carbons (Fsp3) is 0.500. The molecule has 1 heterocycles. The summed E-state index contributed by atoms with van der Waals surface area (Å²) in [5, 5.41) is 41.4. The van der Waals surface area contributed by atoms with E-state index in [1.165, 1.54) is 12.1 Å². The van der Waals surface area contributed by atoms with Gasteiger partial charge >= 0.3 is 0 Å². The molecule has 1 saturated heterocycles. The minimum absolute atomic E-state index is 0.155. The summed E-state index contributed by atoms with van der Waals surface area (Å²) in [4.78, 5) is 2.03. The monoisotopic (exact) mass is 254 g/mol. The molecular formula is C12H18N2O4. The Balaban J connectivity index is 2.29. The molecule has 100 valence electrons. The molecule has 0 amide bonds. The van der Waals surface area contributed by atoms with Crippen LogP contribution in [0.25, 0.3) is 0 Å². The van der Waals surface area contributed by atoms with Gasteiger partial charge in [0, 0.05) is 31.7 Å². The number of nitrogens with zero attached hydrogens (tertiary/aromatic N) is 1. The van der Waals surface area contributed by atoms with Crippen LogP contribution in [0, 0.1) is 0 Å². The van der Waals surface area contributed by atoms with E-state index in [2.05, 4.69) is 5.32 Å². The predicted octanol–water partition coefficient (Wildman–Crippen LogP) is -0.258. The summed E-state index contributed by atoms with van der Waals surface area (Å²) in [5.74, 6) is -1.28. The minimum atomic E-state index is -0.541. The lowest BCUT2D eigenvalue weighted by atomic mass is 10.0. The fourth-order valence-corrected chi connectivity index (χ4v) is 2.26. The number of aliphatic hydroxyl groups is 1. The summed E-state index contributed by atoms with van der Waals surface area (Å²) < 4.78 is 0. The molecular weight excluding hydrogens is 236 g/mol. The third-order valence-corrected chi connectivity index (χ3v) is 3.29. The third-order valence-electron chi connectivity index (χ3n) is 3.29. The van der Waals surface area contributed by atoms with E-state index in [-0.39, 0.29) is 24.1 Å². The largest absolute Gasteiger partial charge is 0.504 e. The molecule has 2 rings (SSSR count). The Morgan fingerprint density at radius 3 is 2.39 bits per heavy atom. The molecule has 0 saturated carbocycles. The number of piperazine rings is 1. The van der Waals surface area contributed by atoms with E-state index in [4.69, 9.17) is 0 Å². The molecule has 0 spiro atoms. The molecule has 5 N–H and O–H groups in total. The SMILES string of the molecule is OC[C@H](c1ccc(O)c(O)c1O)N1CCNCC1. The van der Waals surface area contributed by atoms with Gasteiger partial charge in [-0.3, -0.25) is 4.90 Å². The van der Waals surface area contributed by atoms with Gasteiger partial charge in [-0.2, -0.15) is 0 Å². The van der Waals surface area contributed by atoms with Gasteiger partial charge in [0.2, 0.25) is 5.75 Å². The number of aliphatic hydroxyl groups excluding tert-OH is 1. The minimum Gasteiger partial charge on any atom is -0.504 e. The molecule has 6 nitrogen and oxygen atoms in total. The number of nitrogens with one attached hydrogen (secondary N) is 1. The van der Waals surface area contributed by atoms with Gasteiger partial charge in [0.15, 0.2) is 11.5 Å². The smallest absolute Gasteiger partial charge is 0.200 e. The van der Waals surface area contributed by atoms with Crippen LogP contribution in [0.3, 0.4) is 0 Å². The van der Waals surface area contributed by atoms with Crippen LogP contribution in [0.15, 0.2) is 12.1 Å². The van der Waals surface area contributed by atoms with Gasteiger partial charge in [0.1, 0.15) is 0 Å². The topological polar surface area (TPSA) is 96.2 Å². The lowest BCUT2D eigenvalue weighted by molar-refractivity contribution is 0.108. The van der Waals surface area contributed by atoms with E-state index in [0.29, 0.717) is 5.56 Å². The van der Waals surface area contributed by atoms with E-state index in [9.17, 15) is 20.4 Å². The number of aromatic hydroxyl groups is 3. The van der Waals surface area contributed by atoms with Crippen LogP contribution in [-0.4, -0.2) is 58.1 Å². The summed E-state index contributed by atoms with van der Waals surface area (Å²) in [6, 6.07) is 2.46. The van der Waals surface area contributed by atoms with Crippen molar-refractivity contribution >= 4 is 0 Å². The first kappa shape index (κ1) is 12.9. The molecule has 1 aliphatic rings. The Bertz CT molecular complexity index is 419. The van der Waals surface area contributed by atoms with Gasteiger partial charge in [0.25, 0.3) is 0 Å². The van der Waals surface area contributed by atoms with Crippen LogP contribution >= 0.6 is 0 Å². The number of phenolic OH excluding ortho intramolecular Hbond substituents is 3. The summed E-state index contributed by atoms with van der Waals surface area (Å²) in [7, 11) is 0. The van der Waals surface area contributed by atoms with Crippen LogP contribution in [-0.2, 0) is 0 Å². The van der Waals surface area contributed by atoms with Crippen LogP contribution in [0.4, 0.5) is 0 Å². The van der Waals surface area contributed by atoms with Crippen LogP contribution in [0.2, 0.25) is 0 Å². The molecule has 0 bridgehead atoms. The molecule has 1 aliphatic heterocycles. The van der Waals surface area contributed by atoms with E-state index in [1.807, 2.05) is 4.90 Å². The van der Waals surface area contributed by atoms with E-state index in [0.717, 1.165) is 26.2 Å². The summed E-state index contributed by atoms with van der Waals surface area (Å²) in [6.45, 7) is 3.00. The van der Waals surface area contributed by atoms with E-state index < -0.39 is 5.75 Å². The zero-order chi connectivity index (χ0) is 13.1. The van der Waals surface area contributed by atoms with Crippen LogP contribution < -0.4 is 5.32 Å². The first-order valence-corrected chi connectivity index (χ1v) is 5.94. The van der Waals surface area contributed by atoms with Crippen LogP contribution in [0.1, 0.15) is 11.6 Å². The van der Waals surface area contributed by atoms with Crippen molar-refractivity contribution in [3.05, 3.63) is 17.7 Å². The van der Waals surface area contributed by atoms with Crippen molar-refractivity contribution in [1.82, 2.24) is 10.2 Å². The lowest BCUT2D eigenvalue weighted by Gasteiger charge is -2.34. The van der Waals surface area contributed by atoms with Crippen molar-refractivity contribution < 1.29 is 20.4 Å². The normalized spacial score (nSPS) is 18.7. The van der Waals surface area contributed by atoms with Gasteiger partial charge in [-0.05, 0) is 12.1 Å². The molecule has 1 atom stereocenters. The standard InChI is InChI=1S/C12H18N2O4/c15-7-9(14-5-3-13-4-6-14)8-1-2-10(16)12(18)11(8)17/h1-2,9,13,15-18H,3-7H2/t9-/m1/s1. The molecule has 1 aromatic carbocycles. The maximum Gasteiger partial charge on any atom is 0.200 e. The van der Waals surface area contributed by atoms with Crippen molar-refractivity contribution in [2.75, 3.05) is 32.8 Å². The Labute approximate surface area is 105 Å². The number of hydrogen-bond acceptors (Lipinski definition) is 6. The van der Waals surface area contributed by atoms with Gasteiger partial charge in [-0.1, -0.05) is 0 Å². The highest BCUT2D eigenvalue weighted by molar-refractivity contribution is 5.54. The van der Waals surface area contributed by atoms with Crippen molar-refractivity contribution in [2.45, 2.75) is 6.04 Å². The number of rotatable bonds is 3. The zero-order valence-electron chi connectivity index (χ0n) is 10.0. The molecule has 6 heteroatoms. The molecule has 0 aromatic heterocycles. The van der Waals surface area contributed by atoms with Crippen molar-refractivity contribution in [3.8, 4) is 17.2 Å². The first-order valence-electron chi connectivity index (χ1n) is 5.94. The second-order valence-electron chi connectivity index (χ2n) is 4.36. The Morgan fingerprint density at radius 2 is 1.78 bits per heavy atom. The Kier molecular flexibility index (Phi) is 3.90. The maximum absolute atomic E-state index is 9.85. The van der Waals surface area contributed by atoms with E-state index in [1.54, 1.807) is 0 Å². The zero-order valence-corrected chi connectivity index (χ0v) is 10.0. The van der Waals surface area contributed by atoms with Gasteiger partial charge in [0.05, 0.1) is 12.6 Å². The van der Waals surface area contributed by atoms with Gasteiger partial charge < -0.3 is 25.7 Å². The summed E-state index contributed by atoms with van der Waals surface area (Å²) in [5.41, 5.74) is 0.426. The highest BCUT2D eigenvalue weighted by Crippen LogP contribution is 2.41. The van der Waals surface area contributed by atoms with E-state index >= 15 is 0 Å². The average molecular weight is 254 g/mol. The highest BCUT2D eigenvalue weighted by atomic mass is 16.3. The highest BCUT2D eigenvalue weighted by Gasteiger charge is 2.25. The quantitative estimate of drug-likeness (QED) is 0.477. The van der Waals surface area contributed by atoms with Gasteiger partial charge in [-0.15, -0.1) is 0 Å². The predicted molar refractivity (Wildman–Crippen MR) is 65.7 cm³/mol. The molecule has 0 radical (unpaired) electrons. The molecule has 1 fully saturated rings. The second kappa shape index (κ2) is 5.43. The number of benzene rings is 1. The molecule has 0 aliphatic carbocycles. The maximum atomic E-state index is 9.85.